The molecule has 0 saturated heterocycles. The van der Waals surface area contributed by atoms with Crippen LogP contribution in [0.5, 0.6) is 0 Å². The first-order chi connectivity index (χ1) is 8.65. The number of aryl methyl sites for hydroxylation is 2. The van der Waals surface area contributed by atoms with Crippen LogP contribution in [0.15, 0.2) is 35.6 Å². The van der Waals surface area contributed by atoms with Gasteiger partial charge in [0, 0.05) is 12.7 Å². The molecule has 2 aromatic rings. The van der Waals surface area contributed by atoms with Crippen LogP contribution >= 0.6 is 24.0 Å². The van der Waals surface area contributed by atoms with Gasteiger partial charge in [0.05, 0.1) is 0 Å². The van der Waals surface area contributed by atoms with Crippen LogP contribution in [0.4, 0.5) is 5.69 Å². The molecule has 0 radical (unpaired) electrons. The molecule has 1 aromatic carbocycles. The predicted octanol–water partition coefficient (Wildman–Crippen LogP) is 1.67. The van der Waals surface area contributed by atoms with Gasteiger partial charge in [-0.3, -0.25) is 0 Å². The van der Waals surface area contributed by atoms with Crippen molar-refractivity contribution in [1.29, 1.82) is 0 Å². The number of hydrogen-bond acceptors (Lipinski definition) is 3. The monoisotopic (exact) mass is 372 g/mol. The fourth-order valence-corrected chi connectivity index (χ4v) is 1.43. The summed E-state index contributed by atoms with van der Waals surface area (Å²) >= 11 is 0. The van der Waals surface area contributed by atoms with Crippen molar-refractivity contribution in [3.8, 4) is 0 Å². The van der Waals surface area contributed by atoms with E-state index in [1.807, 2.05) is 42.8 Å². The molecule has 19 heavy (non-hydrogen) atoms. The van der Waals surface area contributed by atoms with E-state index in [2.05, 4.69) is 20.5 Å². The second-order valence-electron chi connectivity index (χ2n) is 4.05. The van der Waals surface area contributed by atoms with E-state index in [9.17, 15) is 0 Å². The summed E-state index contributed by atoms with van der Waals surface area (Å²) in [5.74, 6) is 1.13. The maximum absolute atomic E-state index is 5.79. The Morgan fingerprint density at radius 2 is 2.05 bits per heavy atom. The normalized spacial score (nSPS) is 10.9. The molecule has 1 aromatic heterocycles. The minimum atomic E-state index is 0. The van der Waals surface area contributed by atoms with Gasteiger partial charge < -0.3 is 15.6 Å². The number of rotatable bonds is 3. The van der Waals surface area contributed by atoms with E-state index in [-0.39, 0.29) is 24.0 Å². The van der Waals surface area contributed by atoms with Crippen molar-refractivity contribution in [2.45, 2.75) is 13.5 Å². The summed E-state index contributed by atoms with van der Waals surface area (Å²) in [4.78, 5) is 4.21. The first-order valence-electron chi connectivity index (χ1n) is 5.61. The van der Waals surface area contributed by atoms with Crippen molar-refractivity contribution in [3.63, 3.8) is 0 Å². The molecule has 0 unspecified atom stereocenters. The van der Waals surface area contributed by atoms with E-state index < -0.39 is 0 Å². The van der Waals surface area contributed by atoms with Crippen molar-refractivity contribution >= 4 is 35.6 Å². The van der Waals surface area contributed by atoms with Crippen molar-refractivity contribution in [3.05, 3.63) is 42.0 Å². The van der Waals surface area contributed by atoms with Gasteiger partial charge in [-0.15, -0.1) is 34.2 Å². The predicted molar refractivity (Wildman–Crippen MR) is 86.5 cm³/mol. The van der Waals surface area contributed by atoms with E-state index in [1.54, 1.807) is 6.33 Å². The van der Waals surface area contributed by atoms with Gasteiger partial charge in [-0.1, -0.05) is 17.7 Å². The highest BCUT2D eigenvalue weighted by atomic mass is 127. The smallest absolute Gasteiger partial charge is 0.193 e. The molecule has 0 aliphatic heterocycles. The fraction of sp³-hybridized carbons (Fsp3) is 0.250. The van der Waals surface area contributed by atoms with E-state index in [4.69, 9.17) is 5.73 Å². The standard InChI is InChI=1S/C12H16N6.HI/c1-9-3-5-10(6-4-9)16-12(13)14-7-11-17-15-8-18(11)2;/h3-6,8H,7H2,1-2H3,(H3,13,14,16);1H. The van der Waals surface area contributed by atoms with Crippen LogP contribution in [0.25, 0.3) is 0 Å². The molecule has 1 heterocycles. The van der Waals surface area contributed by atoms with Crippen LogP contribution in [-0.4, -0.2) is 20.7 Å². The number of aliphatic imine (C=N–C) groups is 1. The van der Waals surface area contributed by atoms with Gasteiger partial charge in [0.2, 0.25) is 0 Å². The van der Waals surface area contributed by atoms with E-state index in [0.717, 1.165) is 11.5 Å². The van der Waals surface area contributed by atoms with Gasteiger partial charge in [-0.25, -0.2) is 4.99 Å². The molecule has 0 aliphatic carbocycles. The summed E-state index contributed by atoms with van der Waals surface area (Å²) in [6, 6.07) is 7.94. The van der Waals surface area contributed by atoms with Crippen LogP contribution in [0.2, 0.25) is 0 Å². The van der Waals surface area contributed by atoms with Gasteiger partial charge in [0.1, 0.15) is 12.9 Å². The number of halogens is 1. The van der Waals surface area contributed by atoms with Gasteiger partial charge in [-0.05, 0) is 19.1 Å². The number of hydrogen-bond donors (Lipinski definition) is 2. The summed E-state index contributed by atoms with van der Waals surface area (Å²) in [6.45, 7) is 2.44. The topological polar surface area (TPSA) is 81.1 Å². The molecule has 7 heteroatoms. The minimum Gasteiger partial charge on any atom is -0.370 e. The molecular weight excluding hydrogens is 355 g/mol. The van der Waals surface area contributed by atoms with Crippen molar-refractivity contribution < 1.29 is 0 Å². The lowest BCUT2D eigenvalue weighted by atomic mass is 10.2. The lowest BCUT2D eigenvalue weighted by Gasteiger charge is -2.05. The molecule has 0 saturated carbocycles. The Morgan fingerprint density at radius 3 is 2.63 bits per heavy atom. The number of nitrogens with two attached hydrogens (primary N) is 1. The number of nitrogens with one attached hydrogen (secondary N) is 1. The second kappa shape index (κ2) is 7.07. The number of benzene rings is 1. The Kier molecular flexibility index (Phi) is 5.74. The first kappa shape index (κ1) is 15.4. The van der Waals surface area contributed by atoms with Gasteiger partial charge in [-0.2, -0.15) is 0 Å². The lowest BCUT2D eigenvalue weighted by molar-refractivity contribution is 0.792. The molecule has 0 aliphatic rings. The zero-order valence-corrected chi connectivity index (χ0v) is 13.2. The Hall–Kier alpha value is -1.64. The van der Waals surface area contributed by atoms with Crippen LogP contribution in [0.1, 0.15) is 11.4 Å². The average molecular weight is 372 g/mol. The Labute approximate surface area is 129 Å². The third-order valence-corrected chi connectivity index (χ3v) is 2.52. The summed E-state index contributed by atoms with van der Waals surface area (Å²) < 4.78 is 1.81. The second-order valence-corrected chi connectivity index (χ2v) is 4.05. The van der Waals surface area contributed by atoms with E-state index in [1.165, 1.54) is 5.56 Å². The maximum Gasteiger partial charge on any atom is 0.193 e. The quantitative estimate of drug-likeness (QED) is 0.488. The van der Waals surface area contributed by atoms with Crippen LogP contribution < -0.4 is 11.1 Å². The molecule has 0 spiro atoms. The summed E-state index contributed by atoms with van der Waals surface area (Å²) in [5, 5.41) is 10.7. The Bertz CT molecular complexity index is 546. The number of aromatic nitrogens is 3. The zero-order chi connectivity index (χ0) is 13.0. The average Bonchev–Trinajstić information content (AvgIpc) is 2.75. The fourth-order valence-electron chi connectivity index (χ4n) is 1.43. The van der Waals surface area contributed by atoms with Crippen molar-refractivity contribution in [2.24, 2.45) is 17.8 Å². The molecule has 3 N–H and O–H groups in total. The summed E-state index contributed by atoms with van der Waals surface area (Å²) in [5.41, 5.74) is 7.91. The highest BCUT2D eigenvalue weighted by Crippen LogP contribution is 2.07. The first-order valence-corrected chi connectivity index (χ1v) is 5.61. The molecule has 2 rings (SSSR count). The highest BCUT2D eigenvalue weighted by Gasteiger charge is 1.99. The molecule has 102 valence electrons. The molecule has 0 fully saturated rings. The third-order valence-electron chi connectivity index (χ3n) is 2.52. The van der Waals surface area contributed by atoms with Gasteiger partial charge in [0.15, 0.2) is 11.8 Å². The molecule has 6 nitrogen and oxygen atoms in total. The SMILES string of the molecule is Cc1ccc(NC(N)=NCc2nncn2C)cc1.I. The molecule has 0 atom stereocenters. The third kappa shape index (κ3) is 4.51. The Morgan fingerprint density at radius 1 is 1.37 bits per heavy atom. The number of nitrogens with zero attached hydrogens (tertiary/aromatic N) is 4. The van der Waals surface area contributed by atoms with Gasteiger partial charge in [0.25, 0.3) is 0 Å². The largest absolute Gasteiger partial charge is 0.370 e. The molecule has 0 amide bonds. The summed E-state index contributed by atoms with van der Waals surface area (Å²) in [7, 11) is 1.87. The highest BCUT2D eigenvalue weighted by molar-refractivity contribution is 14.0. The van der Waals surface area contributed by atoms with Crippen LogP contribution in [0, 0.1) is 6.92 Å². The van der Waals surface area contributed by atoms with E-state index in [0.29, 0.717) is 12.5 Å². The van der Waals surface area contributed by atoms with Crippen molar-refractivity contribution in [2.75, 3.05) is 5.32 Å². The van der Waals surface area contributed by atoms with E-state index >= 15 is 0 Å². The zero-order valence-electron chi connectivity index (χ0n) is 10.9. The number of guanidine groups is 1. The lowest BCUT2D eigenvalue weighted by Crippen LogP contribution is -2.22. The van der Waals surface area contributed by atoms with Crippen molar-refractivity contribution in [1.82, 2.24) is 14.8 Å². The van der Waals surface area contributed by atoms with Crippen LogP contribution in [-0.2, 0) is 13.6 Å². The molecular formula is C12H17IN6. The minimum absolute atomic E-state index is 0. The maximum atomic E-state index is 5.79. The molecule has 0 bridgehead atoms. The van der Waals surface area contributed by atoms with Crippen LogP contribution in [0.3, 0.4) is 0 Å². The Balaban J connectivity index is 0.00000180. The van der Waals surface area contributed by atoms with Gasteiger partial charge >= 0.3 is 0 Å². The summed E-state index contributed by atoms with van der Waals surface area (Å²) in [6.07, 6.45) is 1.63. The number of anilines is 1.